The largest absolute Gasteiger partial charge is 0.457 e. The zero-order valence-corrected chi connectivity index (χ0v) is 23.7. The Hall–Kier alpha value is -5.08. The molecule has 0 atom stereocenters. The fraction of sp³-hybridized carbons (Fsp3) is 0.100. The van der Waals surface area contributed by atoms with Gasteiger partial charge < -0.3 is 9.47 Å². The van der Waals surface area contributed by atoms with Crippen LogP contribution in [-0.2, 0) is 10.8 Å². The van der Waals surface area contributed by atoms with Gasteiger partial charge in [-0.2, -0.15) is 0 Å². The van der Waals surface area contributed by atoms with Gasteiger partial charge in [0.25, 0.3) is 0 Å². The molecule has 0 amide bonds. The van der Waals surface area contributed by atoms with E-state index in [4.69, 9.17) is 9.47 Å². The van der Waals surface area contributed by atoms with Crippen LogP contribution >= 0.6 is 0 Å². The summed E-state index contributed by atoms with van der Waals surface area (Å²) < 4.78 is 12.6. The zero-order chi connectivity index (χ0) is 28.3. The van der Waals surface area contributed by atoms with Gasteiger partial charge in [-0.1, -0.05) is 121 Å². The molecular weight excluding hydrogens is 512 g/mol. The Morgan fingerprint density at radius 3 is 0.881 bits per heavy atom. The summed E-state index contributed by atoms with van der Waals surface area (Å²) in [4.78, 5) is 0. The van der Waals surface area contributed by atoms with E-state index in [9.17, 15) is 0 Å². The van der Waals surface area contributed by atoms with Crippen LogP contribution in [0.1, 0.15) is 47.2 Å². The second-order valence-corrected chi connectivity index (χ2v) is 11.6. The zero-order valence-electron chi connectivity index (χ0n) is 23.7. The van der Waals surface area contributed by atoms with Crippen LogP contribution in [-0.4, -0.2) is 0 Å². The predicted molar refractivity (Wildman–Crippen MR) is 169 cm³/mol. The lowest BCUT2D eigenvalue weighted by Gasteiger charge is -2.38. The Bertz CT molecular complexity index is 1710. The van der Waals surface area contributed by atoms with Crippen LogP contribution < -0.4 is 9.47 Å². The lowest BCUT2D eigenvalue weighted by Crippen LogP contribution is -2.29. The second kappa shape index (κ2) is 9.22. The maximum Gasteiger partial charge on any atom is 0.131 e. The molecule has 0 radical (unpaired) electrons. The molecule has 2 heteroatoms. The van der Waals surface area contributed by atoms with E-state index in [1.54, 1.807) is 0 Å². The first-order chi connectivity index (χ1) is 20.6. The molecule has 42 heavy (non-hydrogen) atoms. The Kier molecular flexibility index (Phi) is 5.42. The molecule has 0 aliphatic carbocycles. The molecule has 0 bridgehead atoms. The molecule has 2 aliphatic rings. The van der Waals surface area contributed by atoms with E-state index < -0.39 is 0 Å². The molecule has 6 aromatic rings. The number of hydrogen-bond acceptors (Lipinski definition) is 2. The van der Waals surface area contributed by atoms with Crippen LogP contribution in [0, 0.1) is 0 Å². The van der Waals surface area contributed by atoms with E-state index in [0.717, 1.165) is 23.0 Å². The van der Waals surface area contributed by atoms with Gasteiger partial charge in [-0.25, -0.2) is 0 Å². The van der Waals surface area contributed by atoms with E-state index >= 15 is 0 Å². The van der Waals surface area contributed by atoms with Gasteiger partial charge in [0.1, 0.15) is 23.0 Å². The van der Waals surface area contributed by atoms with E-state index in [1.165, 1.54) is 44.5 Å². The molecule has 0 aromatic heterocycles. The summed E-state index contributed by atoms with van der Waals surface area (Å²) in [5, 5.41) is 0. The minimum Gasteiger partial charge on any atom is -0.457 e. The minimum atomic E-state index is -0.313. The number of benzene rings is 6. The predicted octanol–water partition coefficient (Wildman–Crippen LogP) is 10.3. The fourth-order valence-electron chi connectivity index (χ4n) is 7.02. The summed E-state index contributed by atoms with van der Waals surface area (Å²) in [6, 6.07) is 51.6. The van der Waals surface area contributed by atoms with Crippen molar-refractivity contribution in [1.29, 1.82) is 0 Å². The average Bonchev–Trinajstić information content (AvgIpc) is 3.05. The van der Waals surface area contributed by atoms with Crippen molar-refractivity contribution >= 4 is 0 Å². The second-order valence-electron chi connectivity index (χ2n) is 11.6. The van der Waals surface area contributed by atoms with Crippen molar-refractivity contribution in [3.63, 3.8) is 0 Å². The summed E-state index contributed by atoms with van der Waals surface area (Å²) >= 11 is 0. The van der Waals surface area contributed by atoms with Crippen molar-refractivity contribution < 1.29 is 9.47 Å². The van der Waals surface area contributed by atoms with Crippen molar-refractivity contribution in [2.45, 2.75) is 24.7 Å². The Balaban J connectivity index is 1.17. The number of rotatable bonds is 3. The molecule has 2 nitrogen and oxygen atoms in total. The summed E-state index contributed by atoms with van der Waals surface area (Å²) in [6.45, 7) is 4.61. The number of para-hydroxylation sites is 4. The molecule has 0 saturated carbocycles. The molecule has 0 N–H and O–H groups in total. The molecule has 6 aromatic carbocycles. The topological polar surface area (TPSA) is 18.5 Å². The highest BCUT2D eigenvalue weighted by molar-refractivity contribution is 5.69. The van der Waals surface area contributed by atoms with Crippen molar-refractivity contribution in [3.05, 3.63) is 179 Å². The first-order valence-corrected chi connectivity index (χ1v) is 14.5. The molecule has 0 fully saturated rings. The van der Waals surface area contributed by atoms with Crippen molar-refractivity contribution in [2.75, 3.05) is 0 Å². The summed E-state index contributed by atoms with van der Waals surface area (Å²) in [6.07, 6.45) is 0. The summed E-state index contributed by atoms with van der Waals surface area (Å²) in [5.41, 5.74) is 9.00. The monoisotopic (exact) mass is 542 g/mol. The van der Waals surface area contributed by atoms with E-state index in [0.29, 0.717) is 0 Å². The lowest BCUT2D eigenvalue weighted by molar-refractivity contribution is 0.427. The normalized spacial score (nSPS) is 15.2. The maximum atomic E-state index is 6.29. The van der Waals surface area contributed by atoms with Crippen LogP contribution in [0.4, 0.5) is 0 Å². The molecular formula is C40H30O2. The maximum absolute atomic E-state index is 6.29. The van der Waals surface area contributed by atoms with Crippen LogP contribution in [0.3, 0.4) is 0 Å². The Labute approximate surface area is 246 Å². The van der Waals surface area contributed by atoms with Gasteiger partial charge in [0.2, 0.25) is 0 Å². The van der Waals surface area contributed by atoms with Crippen LogP contribution in [0.5, 0.6) is 23.0 Å². The quantitative estimate of drug-likeness (QED) is 0.221. The van der Waals surface area contributed by atoms with E-state index in [1.807, 2.05) is 24.3 Å². The number of hydrogen-bond donors (Lipinski definition) is 0. The highest BCUT2D eigenvalue weighted by atomic mass is 16.5. The van der Waals surface area contributed by atoms with E-state index in [2.05, 4.69) is 135 Å². The standard InChI is InChI=1S/C40H30O2/c1-39(31-11-3-7-15-35(31)41-36-16-8-4-12-32(36)39)29-23-19-27(20-24-29)28-21-25-30(26-22-28)40(2)33-13-5-9-17-37(33)42-38-18-10-6-14-34(38)40/h3-26H,1-2H3. The van der Waals surface area contributed by atoms with Gasteiger partial charge in [-0.3, -0.25) is 0 Å². The van der Waals surface area contributed by atoms with Crippen LogP contribution in [0.2, 0.25) is 0 Å². The third-order valence-electron chi connectivity index (χ3n) is 9.40. The van der Waals surface area contributed by atoms with Gasteiger partial charge in [-0.15, -0.1) is 0 Å². The molecule has 2 aliphatic heterocycles. The number of fused-ring (bicyclic) bond motifs is 4. The molecule has 202 valence electrons. The van der Waals surface area contributed by atoms with Crippen molar-refractivity contribution in [2.24, 2.45) is 0 Å². The molecule has 0 spiro atoms. The highest BCUT2D eigenvalue weighted by Crippen LogP contribution is 2.53. The van der Waals surface area contributed by atoms with Gasteiger partial charge in [0, 0.05) is 33.1 Å². The third-order valence-corrected chi connectivity index (χ3v) is 9.40. The van der Waals surface area contributed by atoms with Crippen molar-refractivity contribution in [1.82, 2.24) is 0 Å². The summed E-state index contributed by atoms with van der Waals surface area (Å²) in [7, 11) is 0. The van der Waals surface area contributed by atoms with Crippen molar-refractivity contribution in [3.8, 4) is 34.1 Å². The van der Waals surface area contributed by atoms with Crippen LogP contribution in [0.15, 0.2) is 146 Å². The molecule has 0 saturated heterocycles. The number of ether oxygens (including phenoxy) is 2. The van der Waals surface area contributed by atoms with Gasteiger partial charge in [0.15, 0.2) is 0 Å². The molecule has 0 unspecified atom stereocenters. The Morgan fingerprint density at radius 1 is 0.333 bits per heavy atom. The first-order valence-electron chi connectivity index (χ1n) is 14.5. The van der Waals surface area contributed by atoms with Gasteiger partial charge in [-0.05, 0) is 60.4 Å². The van der Waals surface area contributed by atoms with Crippen LogP contribution in [0.25, 0.3) is 11.1 Å². The minimum absolute atomic E-state index is 0.313. The SMILES string of the molecule is CC1(c2ccc(-c3ccc(C4(C)c5ccccc5Oc5ccccc54)cc3)cc2)c2ccccc2Oc2ccccc21. The molecule has 2 heterocycles. The Morgan fingerprint density at radius 2 is 0.595 bits per heavy atom. The summed E-state index contributed by atoms with van der Waals surface area (Å²) in [5.74, 6) is 3.68. The average molecular weight is 543 g/mol. The highest BCUT2D eigenvalue weighted by Gasteiger charge is 2.40. The fourth-order valence-corrected chi connectivity index (χ4v) is 7.02. The third kappa shape index (κ3) is 3.51. The van der Waals surface area contributed by atoms with Gasteiger partial charge in [0.05, 0.1) is 0 Å². The van der Waals surface area contributed by atoms with E-state index in [-0.39, 0.29) is 10.8 Å². The smallest absolute Gasteiger partial charge is 0.131 e. The lowest BCUT2D eigenvalue weighted by atomic mass is 9.69. The first kappa shape index (κ1) is 24.7. The van der Waals surface area contributed by atoms with Gasteiger partial charge >= 0.3 is 0 Å². The molecule has 8 rings (SSSR count).